The zero-order chi connectivity index (χ0) is 27.9. The van der Waals surface area contributed by atoms with Crippen LogP contribution in [-0.4, -0.2) is 63.9 Å². The molecule has 0 aliphatic carbocycles. The van der Waals surface area contributed by atoms with Gasteiger partial charge in [0.15, 0.2) is 15.4 Å². The Hall–Kier alpha value is -2.52. The van der Waals surface area contributed by atoms with Gasteiger partial charge in [-0.05, 0) is 60.3 Å². The van der Waals surface area contributed by atoms with Crippen molar-refractivity contribution >= 4 is 36.9 Å². The lowest BCUT2D eigenvalue weighted by molar-refractivity contribution is -0.258. The number of hydrogen-bond donors (Lipinski definition) is 1. The highest BCUT2D eigenvalue weighted by Gasteiger charge is 2.51. The lowest BCUT2D eigenvalue weighted by Gasteiger charge is -2.42. The molecule has 14 heteroatoms. The molecule has 0 radical (unpaired) electrons. The summed E-state index contributed by atoms with van der Waals surface area (Å²) in [5.74, 6) is -1.15. The Kier molecular flexibility index (Phi) is 7.67. The average Bonchev–Trinajstić information content (AvgIpc) is 3.39. The minimum Gasteiger partial charge on any atom is -0.376 e. The van der Waals surface area contributed by atoms with Crippen molar-refractivity contribution in [1.82, 2.24) is 4.31 Å². The molecule has 0 amide bonds. The van der Waals surface area contributed by atoms with E-state index in [0.717, 1.165) is 47.7 Å². The molecule has 2 aromatic carbocycles. The van der Waals surface area contributed by atoms with Crippen molar-refractivity contribution in [3.63, 3.8) is 0 Å². The fourth-order valence-corrected chi connectivity index (χ4v) is 8.35. The highest BCUT2D eigenvalue weighted by atomic mass is 32.2. The van der Waals surface area contributed by atoms with Crippen LogP contribution in [0.1, 0.15) is 12.5 Å². The molecule has 1 saturated heterocycles. The summed E-state index contributed by atoms with van der Waals surface area (Å²) in [6.07, 6.45) is -4.91. The van der Waals surface area contributed by atoms with Crippen LogP contribution in [0.25, 0.3) is 0 Å². The maximum atomic E-state index is 13.4. The number of hydrogen-bond acceptors (Lipinski definition) is 7. The number of anilines is 1. The Morgan fingerprint density at radius 3 is 2.16 bits per heavy atom. The number of benzene rings is 2. The number of sulfonamides is 1. The Morgan fingerprint density at radius 1 is 0.974 bits per heavy atom. The second-order valence-corrected chi connectivity index (χ2v) is 14.1. The number of nitrogens with zero attached hydrogens (tertiary/aromatic N) is 2. The van der Waals surface area contributed by atoms with Gasteiger partial charge in [0.25, 0.3) is 10.0 Å². The van der Waals surface area contributed by atoms with E-state index in [0.29, 0.717) is 12.6 Å². The zero-order valence-corrected chi connectivity index (χ0v) is 22.4. The first-order valence-corrected chi connectivity index (χ1v) is 15.3. The van der Waals surface area contributed by atoms with Crippen LogP contribution in [-0.2, 0) is 25.5 Å². The molecule has 1 N–H and O–H groups in total. The molecule has 1 aromatic heterocycles. The van der Waals surface area contributed by atoms with E-state index in [2.05, 4.69) is 0 Å². The van der Waals surface area contributed by atoms with E-state index >= 15 is 0 Å². The van der Waals surface area contributed by atoms with Crippen molar-refractivity contribution < 1.29 is 39.5 Å². The number of halogens is 4. The molecular weight excluding hydrogens is 568 g/mol. The van der Waals surface area contributed by atoms with Crippen molar-refractivity contribution in [2.24, 2.45) is 0 Å². The Bertz CT molecular complexity index is 1470. The fourth-order valence-electron chi connectivity index (χ4n) is 4.20. The number of thiophene rings is 1. The Morgan fingerprint density at radius 2 is 1.61 bits per heavy atom. The number of alkyl halides is 3. The maximum absolute atomic E-state index is 13.4. The number of rotatable bonds is 7. The normalized spacial score (nSPS) is 19.3. The van der Waals surface area contributed by atoms with E-state index in [4.69, 9.17) is 0 Å². The third-order valence-electron chi connectivity index (χ3n) is 6.43. The SMILES string of the molecule is CC(O)(c1ccc(N2CCN(S(=O)(=O)c3cccs3)C[C@@H]2CS(=O)(=O)c2ccc(F)cc2)cc1)C(F)(F)F. The van der Waals surface area contributed by atoms with E-state index in [1.54, 1.807) is 16.3 Å². The predicted octanol–water partition coefficient (Wildman–Crippen LogP) is 4.01. The van der Waals surface area contributed by atoms with Gasteiger partial charge in [0, 0.05) is 25.3 Å². The van der Waals surface area contributed by atoms with Crippen molar-refractivity contribution in [1.29, 1.82) is 0 Å². The van der Waals surface area contributed by atoms with Gasteiger partial charge in [0.05, 0.1) is 16.7 Å². The lowest BCUT2D eigenvalue weighted by Crippen LogP contribution is -2.57. The molecule has 0 saturated carbocycles. The van der Waals surface area contributed by atoms with Crippen molar-refractivity contribution in [3.8, 4) is 0 Å². The van der Waals surface area contributed by atoms with Crippen molar-refractivity contribution in [2.45, 2.75) is 33.8 Å². The first-order chi connectivity index (χ1) is 17.6. The van der Waals surface area contributed by atoms with E-state index in [-0.39, 0.29) is 28.7 Å². The highest BCUT2D eigenvalue weighted by molar-refractivity contribution is 7.91. The molecular formula is C24H24F4N2O5S3. The standard InChI is InChI=1S/C24H24F4N2O5S3/c1-23(31,24(26,27)28)17-4-8-19(9-5-17)30-13-12-29(38(34,35)22-3-2-14-36-22)15-20(30)16-37(32,33)21-10-6-18(25)7-11-21/h2-11,14,20,31H,12-13,15-16H2,1H3/t20-,23?/m1/s1. The topological polar surface area (TPSA) is 95.0 Å². The predicted molar refractivity (Wildman–Crippen MR) is 135 cm³/mol. The second kappa shape index (κ2) is 10.2. The van der Waals surface area contributed by atoms with Crippen molar-refractivity contribution in [2.75, 3.05) is 30.3 Å². The van der Waals surface area contributed by atoms with Crippen LogP contribution in [0, 0.1) is 5.82 Å². The van der Waals surface area contributed by atoms with Gasteiger partial charge in [-0.3, -0.25) is 0 Å². The van der Waals surface area contributed by atoms with Gasteiger partial charge in [-0.25, -0.2) is 21.2 Å². The van der Waals surface area contributed by atoms with Crippen LogP contribution in [0.5, 0.6) is 0 Å². The monoisotopic (exact) mass is 592 g/mol. The van der Waals surface area contributed by atoms with Gasteiger partial charge in [-0.1, -0.05) is 18.2 Å². The summed E-state index contributed by atoms with van der Waals surface area (Å²) in [7, 11) is -7.91. The summed E-state index contributed by atoms with van der Waals surface area (Å²) in [5, 5.41) is 11.6. The molecule has 4 rings (SSSR count). The van der Waals surface area contributed by atoms with Crippen LogP contribution >= 0.6 is 11.3 Å². The molecule has 0 spiro atoms. The average molecular weight is 593 g/mol. The maximum Gasteiger partial charge on any atom is 0.421 e. The van der Waals surface area contributed by atoms with E-state index in [1.807, 2.05) is 0 Å². The third kappa shape index (κ3) is 5.59. The Labute approximate surface area is 221 Å². The number of sulfone groups is 1. The van der Waals surface area contributed by atoms with Crippen LogP contribution < -0.4 is 4.90 Å². The fraction of sp³-hybridized carbons (Fsp3) is 0.333. The van der Waals surface area contributed by atoms with Crippen molar-refractivity contribution in [3.05, 3.63) is 77.4 Å². The van der Waals surface area contributed by atoms with Gasteiger partial charge < -0.3 is 10.0 Å². The molecule has 38 heavy (non-hydrogen) atoms. The number of piperazine rings is 1. The molecule has 1 fully saturated rings. The highest BCUT2D eigenvalue weighted by Crippen LogP contribution is 2.39. The lowest BCUT2D eigenvalue weighted by atomic mass is 9.95. The summed E-state index contributed by atoms with van der Waals surface area (Å²) >= 11 is 1.03. The molecule has 2 atom stereocenters. The minimum absolute atomic E-state index is 0.00927. The van der Waals surface area contributed by atoms with Gasteiger partial charge in [0.2, 0.25) is 0 Å². The number of aliphatic hydroxyl groups is 1. The van der Waals surface area contributed by atoms with Gasteiger partial charge in [-0.2, -0.15) is 17.5 Å². The zero-order valence-electron chi connectivity index (χ0n) is 20.0. The quantitative estimate of drug-likeness (QED) is 0.329. The molecule has 7 nitrogen and oxygen atoms in total. The van der Waals surface area contributed by atoms with E-state index in [9.17, 15) is 39.5 Å². The molecule has 1 unspecified atom stereocenters. The second-order valence-electron chi connectivity index (χ2n) is 8.99. The first kappa shape index (κ1) is 28.5. The first-order valence-electron chi connectivity index (χ1n) is 11.3. The molecule has 206 valence electrons. The summed E-state index contributed by atoms with van der Waals surface area (Å²) < 4.78 is 107. The van der Waals surface area contributed by atoms with E-state index < -0.39 is 54.8 Å². The van der Waals surface area contributed by atoms with Gasteiger partial charge in [-0.15, -0.1) is 11.3 Å². The van der Waals surface area contributed by atoms with Gasteiger partial charge in [0.1, 0.15) is 10.0 Å². The minimum atomic E-state index is -4.91. The molecule has 3 aromatic rings. The summed E-state index contributed by atoms with van der Waals surface area (Å²) in [5.41, 5.74) is -3.13. The smallest absolute Gasteiger partial charge is 0.376 e. The molecule has 1 aliphatic heterocycles. The molecule has 2 heterocycles. The summed E-state index contributed by atoms with van der Waals surface area (Å²) in [6, 6.07) is 11.2. The summed E-state index contributed by atoms with van der Waals surface area (Å²) in [4.78, 5) is 1.47. The summed E-state index contributed by atoms with van der Waals surface area (Å²) in [6.45, 7) is 0.496. The third-order valence-corrected chi connectivity index (χ3v) is 11.5. The van der Waals surface area contributed by atoms with Crippen LogP contribution in [0.2, 0.25) is 0 Å². The Balaban J connectivity index is 1.67. The van der Waals surface area contributed by atoms with E-state index in [1.165, 1.54) is 22.5 Å². The van der Waals surface area contributed by atoms with Gasteiger partial charge >= 0.3 is 6.18 Å². The molecule has 1 aliphatic rings. The molecule has 0 bridgehead atoms. The van der Waals surface area contributed by atoms with Crippen LogP contribution in [0.4, 0.5) is 23.2 Å². The van der Waals surface area contributed by atoms with Crippen LogP contribution in [0.15, 0.2) is 75.1 Å². The largest absolute Gasteiger partial charge is 0.421 e. The van der Waals surface area contributed by atoms with Crippen LogP contribution in [0.3, 0.4) is 0 Å².